The molecule has 0 aliphatic carbocycles. The lowest BCUT2D eigenvalue weighted by Crippen LogP contribution is -2.58. The third-order valence-corrected chi connectivity index (χ3v) is 19.8. The highest BCUT2D eigenvalue weighted by atomic mass is 28.3. The zero-order valence-corrected chi connectivity index (χ0v) is 35.1. The van der Waals surface area contributed by atoms with Gasteiger partial charge in [0.25, 0.3) is 0 Å². The molecule has 0 amide bonds. The zero-order valence-electron chi connectivity index (χ0n) is 33.1. The van der Waals surface area contributed by atoms with Gasteiger partial charge in [0, 0.05) is 57.6 Å². The molecular formula is C52H42N4Si2. The number of rotatable bonds is 4. The lowest BCUT2D eigenvalue weighted by Gasteiger charge is -2.41. The highest BCUT2D eigenvalue weighted by Gasteiger charge is 2.40. The number of para-hydroxylation sites is 4. The lowest BCUT2D eigenvalue weighted by molar-refractivity contribution is 1.29. The molecule has 4 nitrogen and oxygen atoms in total. The molecule has 0 fully saturated rings. The first-order valence-corrected chi connectivity index (χ1v) is 26.2. The third-order valence-electron chi connectivity index (χ3n) is 12.7. The molecule has 0 bridgehead atoms. The average Bonchev–Trinajstić information content (AvgIpc) is 3.26. The average molecular weight is 779 g/mol. The second-order valence-corrected chi connectivity index (χ2v) is 25.3. The fourth-order valence-electron chi connectivity index (χ4n) is 9.95. The number of hydrogen-bond donors (Lipinski definition) is 0. The molecule has 2 aliphatic heterocycles. The minimum atomic E-state index is -1.95. The molecule has 0 radical (unpaired) electrons. The summed E-state index contributed by atoms with van der Waals surface area (Å²) in [5, 5.41) is 10.4. The van der Waals surface area contributed by atoms with Gasteiger partial charge in [-0.05, 0) is 115 Å². The Hall–Kier alpha value is -6.61. The van der Waals surface area contributed by atoms with Crippen molar-refractivity contribution in [1.82, 2.24) is 9.97 Å². The lowest BCUT2D eigenvalue weighted by atomic mass is 9.87. The van der Waals surface area contributed by atoms with Crippen molar-refractivity contribution >= 4 is 92.6 Å². The van der Waals surface area contributed by atoms with Gasteiger partial charge in [-0.25, -0.2) is 0 Å². The summed E-state index contributed by atoms with van der Waals surface area (Å²) >= 11 is 0. The van der Waals surface area contributed by atoms with E-state index in [1.807, 2.05) is 24.5 Å². The van der Waals surface area contributed by atoms with Crippen molar-refractivity contribution in [3.05, 3.63) is 182 Å². The van der Waals surface area contributed by atoms with Crippen LogP contribution in [0.4, 0.5) is 34.1 Å². The number of aromatic nitrogens is 2. The van der Waals surface area contributed by atoms with Crippen LogP contribution < -0.4 is 30.5 Å². The van der Waals surface area contributed by atoms with Gasteiger partial charge in [0.1, 0.15) is 16.1 Å². The van der Waals surface area contributed by atoms with Crippen LogP contribution >= 0.6 is 0 Å². The van der Waals surface area contributed by atoms with Gasteiger partial charge >= 0.3 is 0 Å². The van der Waals surface area contributed by atoms with Crippen LogP contribution in [0.25, 0.3) is 44.1 Å². The molecule has 9 aromatic rings. The minimum Gasteiger partial charge on any atom is -0.311 e. The van der Waals surface area contributed by atoms with Crippen molar-refractivity contribution in [2.75, 3.05) is 9.80 Å². The highest BCUT2D eigenvalue weighted by molar-refractivity contribution is 7.03. The second kappa shape index (κ2) is 13.0. The SMILES string of the molecule is C[Si]1(C)c2ccccc2N(c2ccc3c(-c4ccccn4)c4cc(N5c6ccccc6[Si](C)(C)c6ccccc65)ccc4c(-c4ccccn4)c3c2)c2ccccc21. The fourth-order valence-corrected chi connectivity index (χ4v) is 15.9. The van der Waals surface area contributed by atoms with E-state index in [1.54, 1.807) is 0 Å². The summed E-state index contributed by atoms with van der Waals surface area (Å²) in [5.41, 5.74) is 11.5. The topological polar surface area (TPSA) is 32.3 Å². The Balaban J connectivity index is 1.22. The second-order valence-electron chi connectivity index (χ2n) is 16.6. The van der Waals surface area contributed by atoms with Crippen LogP contribution in [-0.2, 0) is 0 Å². The predicted molar refractivity (Wildman–Crippen MR) is 251 cm³/mol. The smallest absolute Gasteiger partial charge is 0.117 e. The van der Waals surface area contributed by atoms with Crippen molar-refractivity contribution in [1.29, 1.82) is 0 Å². The number of hydrogen-bond acceptors (Lipinski definition) is 4. The number of anilines is 6. The molecule has 0 saturated heterocycles. The van der Waals surface area contributed by atoms with Crippen LogP contribution in [0.1, 0.15) is 0 Å². The first-order chi connectivity index (χ1) is 28.3. The molecule has 0 spiro atoms. The zero-order chi connectivity index (χ0) is 39.2. The highest BCUT2D eigenvalue weighted by Crippen LogP contribution is 2.48. The maximum Gasteiger partial charge on any atom is 0.117 e. The van der Waals surface area contributed by atoms with E-state index < -0.39 is 16.1 Å². The minimum absolute atomic E-state index is 0.948. The Morgan fingerprint density at radius 3 is 1.00 bits per heavy atom. The Morgan fingerprint density at radius 2 is 0.672 bits per heavy atom. The molecule has 7 aromatic carbocycles. The van der Waals surface area contributed by atoms with Crippen LogP contribution in [0.15, 0.2) is 182 Å². The van der Waals surface area contributed by atoms with Gasteiger partial charge in [-0.1, -0.05) is 123 Å². The van der Waals surface area contributed by atoms with Gasteiger partial charge in [0.15, 0.2) is 0 Å². The van der Waals surface area contributed by atoms with Crippen molar-refractivity contribution < 1.29 is 0 Å². The molecule has 11 rings (SSSR count). The largest absolute Gasteiger partial charge is 0.311 e. The van der Waals surface area contributed by atoms with Gasteiger partial charge in [-0.2, -0.15) is 0 Å². The van der Waals surface area contributed by atoms with E-state index in [2.05, 4.69) is 194 Å². The van der Waals surface area contributed by atoms with Crippen molar-refractivity contribution in [2.24, 2.45) is 0 Å². The van der Waals surface area contributed by atoms with E-state index in [-0.39, 0.29) is 0 Å². The van der Waals surface area contributed by atoms with Gasteiger partial charge in [-0.3, -0.25) is 9.97 Å². The summed E-state index contributed by atoms with van der Waals surface area (Å²) in [6.45, 7) is 9.91. The van der Waals surface area contributed by atoms with E-state index in [0.29, 0.717) is 0 Å². The molecule has 2 aromatic heterocycles. The number of pyridine rings is 2. The standard InChI is InChI=1S/C52H42N4Si2/c1-57(2)47-23-9-5-19-43(47)55(44-20-6-10-24-48(44)57)35-27-29-37-39(33-35)51(41-17-13-15-31-53-41)38-30-28-36(34-40(38)52(37)42-18-14-16-32-54-42)56-45-21-7-11-25-49(45)58(3,4)50-26-12-8-22-46(50)56/h5-34H,1-4H3. The van der Waals surface area contributed by atoms with Crippen molar-refractivity contribution in [3.63, 3.8) is 0 Å². The van der Waals surface area contributed by atoms with Crippen LogP contribution in [0.5, 0.6) is 0 Å². The molecule has 4 heterocycles. The maximum atomic E-state index is 5.04. The number of fused-ring (bicyclic) bond motifs is 6. The summed E-state index contributed by atoms with van der Waals surface area (Å²) in [7, 11) is -3.89. The molecule has 2 aliphatic rings. The van der Waals surface area contributed by atoms with E-state index in [0.717, 1.165) is 55.4 Å². The van der Waals surface area contributed by atoms with Gasteiger partial charge in [0.05, 0.1) is 11.4 Å². The summed E-state index contributed by atoms with van der Waals surface area (Å²) < 4.78 is 0. The molecule has 278 valence electrons. The summed E-state index contributed by atoms with van der Waals surface area (Å²) in [6, 6.07) is 62.6. The quantitative estimate of drug-likeness (QED) is 0.132. The van der Waals surface area contributed by atoms with Gasteiger partial charge in [0.2, 0.25) is 0 Å². The summed E-state index contributed by atoms with van der Waals surface area (Å²) in [6.07, 6.45) is 3.82. The van der Waals surface area contributed by atoms with E-state index in [1.165, 1.54) is 43.5 Å². The molecule has 0 N–H and O–H groups in total. The van der Waals surface area contributed by atoms with Crippen molar-refractivity contribution in [3.8, 4) is 22.5 Å². The monoisotopic (exact) mass is 778 g/mol. The number of nitrogens with zero attached hydrogens (tertiary/aromatic N) is 4. The third kappa shape index (κ3) is 5.05. The van der Waals surface area contributed by atoms with Crippen LogP contribution in [0.3, 0.4) is 0 Å². The molecule has 0 saturated carbocycles. The van der Waals surface area contributed by atoms with E-state index in [4.69, 9.17) is 9.97 Å². The summed E-state index contributed by atoms with van der Waals surface area (Å²) in [4.78, 5) is 15.0. The molecule has 0 unspecified atom stereocenters. The Kier molecular flexibility index (Phi) is 7.74. The predicted octanol–water partition coefficient (Wildman–Crippen LogP) is 11.3. The van der Waals surface area contributed by atoms with Crippen LogP contribution in [0, 0.1) is 0 Å². The first-order valence-electron chi connectivity index (χ1n) is 20.2. The van der Waals surface area contributed by atoms with E-state index >= 15 is 0 Å². The van der Waals surface area contributed by atoms with Crippen LogP contribution in [-0.4, -0.2) is 26.1 Å². The molecule has 6 heteroatoms. The molecule has 58 heavy (non-hydrogen) atoms. The molecule has 0 atom stereocenters. The van der Waals surface area contributed by atoms with Gasteiger partial charge in [-0.15, -0.1) is 0 Å². The Morgan fingerprint density at radius 1 is 0.345 bits per heavy atom. The first kappa shape index (κ1) is 34.6. The fraction of sp³-hybridized carbons (Fsp3) is 0.0769. The van der Waals surface area contributed by atoms with Crippen molar-refractivity contribution in [2.45, 2.75) is 26.2 Å². The van der Waals surface area contributed by atoms with Crippen LogP contribution in [0.2, 0.25) is 26.2 Å². The maximum absolute atomic E-state index is 5.04. The number of benzene rings is 7. The summed E-state index contributed by atoms with van der Waals surface area (Å²) in [5.74, 6) is 0. The Labute approximate surface area is 341 Å². The van der Waals surface area contributed by atoms with Gasteiger partial charge < -0.3 is 9.80 Å². The molecular weight excluding hydrogens is 737 g/mol. The van der Waals surface area contributed by atoms with E-state index in [9.17, 15) is 0 Å². The normalized spacial score (nSPS) is 14.8. The Bertz CT molecular complexity index is 2780.